The van der Waals surface area contributed by atoms with Crippen molar-refractivity contribution in [1.82, 2.24) is 9.71 Å². The molecule has 0 saturated heterocycles. The van der Waals surface area contributed by atoms with Crippen LogP contribution in [0, 0.1) is 13.8 Å². The highest BCUT2D eigenvalue weighted by atomic mass is 32.2. The number of nitrogens with zero attached hydrogens (tertiary/aromatic N) is 1. The third-order valence-electron chi connectivity index (χ3n) is 5.52. The van der Waals surface area contributed by atoms with Crippen molar-refractivity contribution in [3.63, 3.8) is 0 Å². The number of nitrogens with two attached hydrogens (primary N) is 1. The zero-order chi connectivity index (χ0) is 25.3. The van der Waals surface area contributed by atoms with Crippen molar-refractivity contribution in [3.8, 4) is 11.3 Å². The van der Waals surface area contributed by atoms with Gasteiger partial charge in [0.25, 0.3) is 16.1 Å². The lowest BCUT2D eigenvalue weighted by molar-refractivity contribution is 0.0977. The van der Waals surface area contributed by atoms with Gasteiger partial charge in [0.1, 0.15) is 11.3 Å². The Labute approximate surface area is 202 Å². The van der Waals surface area contributed by atoms with Crippen molar-refractivity contribution in [3.05, 3.63) is 93.4 Å². The molecule has 1 amide bonds. The molecule has 35 heavy (non-hydrogen) atoms. The molecule has 0 fully saturated rings. The maximum absolute atomic E-state index is 13.3. The number of rotatable bonds is 6. The molecule has 2 heterocycles. The Balaban J connectivity index is 1.82. The Morgan fingerprint density at radius 1 is 1.09 bits per heavy atom. The summed E-state index contributed by atoms with van der Waals surface area (Å²) in [6, 6.07) is 15.8. The molecule has 0 aliphatic heterocycles. The van der Waals surface area contributed by atoms with Crippen molar-refractivity contribution >= 4 is 32.8 Å². The van der Waals surface area contributed by atoms with E-state index in [-0.39, 0.29) is 16.8 Å². The van der Waals surface area contributed by atoms with Crippen molar-refractivity contribution in [2.45, 2.75) is 26.8 Å². The van der Waals surface area contributed by atoms with E-state index in [0.717, 1.165) is 11.1 Å². The van der Waals surface area contributed by atoms with Crippen LogP contribution < -0.4 is 20.6 Å². The second-order valence-corrected chi connectivity index (χ2v) is 9.52. The average Bonchev–Trinajstić information content (AvgIpc) is 2.81. The van der Waals surface area contributed by atoms with E-state index < -0.39 is 22.2 Å². The standard InChI is InChI=1S/C25H24N4O5S/c1-14-12-18(16(3)28-20-10-7-11-27-21(20)25(31)29-35(26,32)33)24-19(13-14)22(30)15(2)23(34-24)17-8-5-4-6-9-17/h4-13,16,28H,1-3H3,(H,29,31)(H2,26,32,33)/t16-/m1/s1. The first-order valence-electron chi connectivity index (χ1n) is 10.7. The van der Waals surface area contributed by atoms with E-state index >= 15 is 0 Å². The smallest absolute Gasteiger partial charge is 0.299 e. The number of nitrogens with one attached hydrogen (secondary N) is 2. The summed E-state index contributed by atoms with van der Waals surface area (Å²) in [4.78, 5) is 29.7. The first kappa shape index (κ1) is 24.1. The predicted molar refractivity (Wildman–Crippen MR) is 134 cm³/mol. The molecule has 180 valence electrons. The fourth-order valence-corrected chi connectivity index (χ4v) is 4.30. The molecule has 0 aliphatic rings. The number of carbonyl (C=O) groups is 1. The molecule has 0 unspecified atom stereocenters. The number of aryl methyl sites for hydroxylation is 1. The Morgan fingerprint density at radius 2 is 1.80 bits per heavy atom. The highest BCUT2D eigenvalue weighted by Gasteiger charge is 2.22. The summed E-state index contributed by atoms with van der Waals surface area (Å²) >= 11 is 0. The highest BCUT2D eigenvalue weighted by Crippen LogP contribution is 2.32. The Morgan fingerprint density at radius 3 is 2.49 bits per heavy atom. The van der Waals surface area contributed by atoms with Gasteiger partial charge in [-0.25, -0.2) is 14.8 Å². The number of amides is 1. The summed E-state index contributed by atoms with van der Waals surface area (Å²) in [6.45, 7) is 5.46. The molecule has 0 bridgehead atoms. The zero-order valence-corrected chi connectivity index (χ0v) is 20.1. The molecule has 9 nitrogen and oxygen atoms in total. The fraction of sp³-hybridized carbons (Fsp3) is 0.160. The molecule has 1 atom stereocenters. The summed E-state index contributed by atoms with van der Waals surface area (Å²) in [6.07, 6.45) is 1.36. The minimum Gasteiger partial charge on any atom is -0.455 e. The average molecular weight is 493 g/mol. The van der Waals surface area contributed by atoms with E-state index in [4.69, 9.17) is 9.56 Å². The first-order chi connectivity index (χ1) is 16.5. The van der Waals surface area contributed by atoms with Gasteiger partial charge in [-0.2, -0.15) is 8.42 Å². The molecule has 0 saturated carbocycles. The molecule has 10 heteroatoms. The number of pyridine rings is 1. The van der Waals surface area contributed by atoms with Crippen LogP contribution in [-0.4, -0.2) is 19.3 Å². The van der Waals surface area contributed by atoms with Crippen molar-refractivity contribution in [1.29, 1.82) is 0 Å². The minimum atomic E-state index is -4.26. The van der Waals surface area contributed by atoms with Gasteiger partial charge in [0.2, 0.25) is 0 Å². The van der Waals surface area contributed by atoms with Crippen LogP contribution in [0.15, 0.2) is 70.0 Å². The summed E-state index contributed by atoms with van der Waals surface area (Å²) < 4.78 is 30.7. The van der Waals surface area contributed by atoms with Crippen molar-refractivity contribution in [2.75, 3.05) is 5.32 Å². The number of carbonyl (C=O) groups excluding carboxylic acids is 1. The van der Waals surface area contributed by atoms with Gasteiger partial charge >= 0.3 is 0 Å². The second-order valence-electron chi connectivity index (χ2n) is 8.22. The number of benzene rings is 2. The summed E-state index contributed by atoms with van der Waals surface area (Å²) in [5.41, 5.74) is 3.28. The van der Waals surface area contributed by atoms with Crippen LogP contribution in [0.5, 0.6) is 0 Å². The minimum absolute atomic E-state index is 0.128. The van der Waals surface area contributed by atoms with Crippen LogP contribution in [0.3, 0.4) is 0 Å². The molecule has 4 N–H and O–H groups in total. The molecule has 0 radical (unpaired) electrons. The van der Waals surface area contributed by atoms with Gasteiger partial charge in [0.05, 0.1) is 17.1 Å². The van der Waals surface area contributed by atoms with E-state index in [2.05, 4.69) is 10.3 Å². The molecule has 2 aromatic heterocycles. The largest absolute Gasteiger partial charge is 0.455 e. The Kier molecular flexibility index (Phi) is 6.42. The summed E-state index contributed by atoms with van der Waals surface area (Å²) in [5.74, 6) is -0.486. The van der Waals surface area contributed by atoms with Crippen LogP contribution in [0.2, 0.25) is 0 Å². The van der Waals surface area contributed by atoms with E-state index in [1.54, 1.807) is 29.8 Å². The monoisotopic (exact) mass is 492 g/mol. The molecule has 4 rings (SSSR count). The summed E-state index contributed by atoms with van der Waals surface area (Å²) in [7, 11) is -4.26. The second kappa shape index (κ2) is 9.32. The first-order valence-corrected chi connectivity index (χ1v) is 12.3. The lowest BCUT2D eigenvalue weighted by Crippen LogP contribution is -2.36. The van der Waals surface area contributed by atoms with Gasteiger partial charge in [-0.3, -0.25) is 9.59 Å². The maximum Gasteiger partial charge on any atom is 0.299 e. The lowest BCUT2D eigenvalue weighted by Gasteiger charge is -2.20. The van der Waals surface area contributed by atoms with Crippen LogP contribution in [-0.2, 0) is 10.2 Å². The third-order valence-corrected chi connectivity index (χ3v) is 5.99. The maximum atomic E-state index is 13.3. The normalized spacial score (nSPS) is 12.3. The van der Waals surface area contributed by atoms with E-state index in [9.17, 15) is 18.0 Å². The van der Waals surface area contributed by atoms with Gasteiger partial charge in [0, 0.05) is 22.9 Å². The highest BCUT2D eigenvalue weighted by molar-refractivity contribution is 7.87. The van der Waals surface area contributed by atoms with Crippen LogP contribution in [0.25, 0.3) is 22.3 Å². The van der Waals surface area contributed by atoms with Crippen LogP contribution in [0.1, 0.15) is 40.1 Å². The van der Waals surface area contributed by atoms with Gasteiger partial charge in [0.15, 0.2) is 11.1 Å². The number of hydrogen-bond donors (Lipinski definition) is 3. The quantitative estimate of drug-likeness (QED) is 0.373. The Hall–Kier alpha value is -4.02. The molecule has 4 aromatic rings. The number of hydrogen-bond acceptors (Lipinski definition) is 7. The van der Waals surface area contributed by atoms with E-state index in [1.165, 1.54) is 6.20 Å². The van der Waals surface area contributed by atoms with Gasteiger partial charge in [-0.05, 0) is 44.5 Å². The van der Waals surface area contributed by atoms with E-state index in [1.807, 2.05) is 50.2 Å². The topological polar surface area (TPSA) is 144 Å². The predicted octanol–water partition coefficient (Wildman–Crippen LogP) is 3.58. The molecule has 0 spiro atoms. The Bertz CT molecular complexity index is 1600. The molecular weight excluding hydrogens is 468 g/mol. The molecule has 2 aromatic carbocycles. The van der Waals surface area contributed by atoms with Crippen molar-refractivity contribution < 1.29 is 17.6 Å². The summed E-state index contributed by atoms with van der Waals surface area (Å²) in [5, 5.41) is 8.57. The van der Waals surface area contributed by atoms with E-state index in [0.29, 0.717) is 27.9 Å². The number of fused-ring (bicyclic) bond motifs is 1. The fourth-order valence-electron chi connectivity index (χ4n) is 3.95. The zero-order valence-electron chi connectivity index (χ0n) is 19.3. The lowest BCUT2D eigenvalue weighted by atomic mass is 9.98. The molecule has 0 aliphatic carbocycles. The van der Waals surface area contributed by atoms with Crippen molar-refractivity contribution in [2.24, 2.45) is 5.14 Å². The SMILES string of the molecule is Cc1cc([C@@H](C)Nc2cccnc2C(=O)NS(N)(=O)=O)c2oc(-c3ccccc3)c(C)c(=O)c2c1. The van der Waals surface area contributed by atoms with Gasteiger partial charge in [-0.15, -0.1) is 0 Å². The van der Waals surface area contributed by atoms with Crippen LogP contribution in [0.4, 0.5) is 5.69 Å². The number of aromatic nitrogens is 1. The van der Waals surface area contributed by atoms with Gasteiger partial charge in [-0.1, -0.05) is 36.4 Å². The third kappa shape index (κ3) is 5.08. The van der Waals surface area contributed by atoms with Gasteiger partial charge < -0.3 is 9.73 Å². The van der Waals surface area contributed by atoms with Crippen LogP contribution >= 0.6 is 0 Å². The molecular formula is C25H24N4O5S. The number of anilines is 1.